The Labute approximate surface area is 240 Å². The second-order valence-corrected chi connectivity index (χ2v) is 11.3. The van der Waals surface area contributed by atoms with E-state index in [1.807, 2.05) is 17.0 Å². The number of amides is 1. The Balaban J connectivity index is 1.53. The molecule has 1 aromatic heterocycles. The van der Waals surface area contributed by atoms with Gasteiger partial charge in [0.15, 0.2) is 0 Å². The third-order valence-corrected chi connectivity index (χ3v) is 8.97. The second-order valence-electron chi connectivity index (χ2n) is 10.5. The van der Waals surface area contributed by atoms with Crippen LogP contribution in [-0.2, 0) is 17.8 Å². The first-order valence-corrected chi connectivity index (χ1v) is 14.2. The minimum atomic E-state index is -0.0717. The van der Waals surface area contributed by atoms with E-state index in [0.29, 0.717) is 73.3 Å². The van der Waals surface area contributed by atoms with Gasteiger partial charge in [-0.1, -0.05) is 35.8 Å². The van der Waals surface area contributed by atoms with Crippen LogP contribution in [0.15, 0.2) is 30.9 Å². The average Bonchev–Trinajstić information content (AvgIpc) is 3.36. The van der Waals surface area contributed by atoms with Gasteiger partial charge in [0.05, 0.1) is 33.7 Å². The minimum absolute atomic E-state index is 0.00969. The van der Waals surface area contributed by atoms with Gasteiger partial charge in [-0.15, -0.1) is 0 Å². The summed E-state index contributed by atoms with van der Waals surface area (Å²) in [6, 6.07) is 8.39. The molecule has 0 radical (unpaired) electrons. The lowest BCUT2D eigenvalue weighted by atomic mass is 9.96. The highest BCUT2D eigenvalue weighted by molar-refractivity contribution is 6.43. The van der Waals surface area contributed by atoms with Gasteiger partial charge in [-0.05, 0) is 58.0 Å². The first kappa shape index (κ1) is 27.6. The maximum absolute atomic E-state index is 12.3. The summed E-state index contributed by atoms with van der Waals surface area (Å²) in [4.78, 5) is 25.8. The molecule has 2 atom stereocenters. The summed E-state index contributed by atoms with van der Waals surface area (Å²) in [5, 5.41) is 11.4. The maximum atomic E-state index is 12.3. The minimum Gasteiger partial charge on any atom is -0.475 e. The smallest absolute Gasteiger partial charge is 0.246 e. The highest BCUT2D eigenvalue weighted by Crippen LogP contribution is 2.41. The van der Waals surface area contributed by atoms with Gasteiger partial charge >= 0.3 is 0 Å². The van der Waals surface area contributed by atoms with Crippen molar-refractivity contribution in [3.63, 3.8) is 0 Å². The van der Waals surface area contributed by atoms with Crippen molar-refractivity contribution in [2.45, 2.75) is 44.8 Å². The number of nitriles is 1. The highest BCUT2D eigenvalue weighted by atomic mass is 35.5. The lowest BCUT2D eigenvalue weighted by Gasteiger charge is -2.43. The van der Waals surface area contributed by atoms with Crippen LogP contribution >= 0.6 is 23.2 Å². The topological polar surface area (TPSA) is 75.9 Å². The summed E-state index contributed by atoms with van der Waals surface area (Å²) < 4.78 is 6.33. The molecule has 5 rings (SSSR count). The van der Waals surface area contributed by atoms with E-state index in [9.17, 15) is 10.1 Å². The number of anilines is 2. The number of nitrogens with zero attached hydrogens (tertiary/aromatic N) is 6. The molecule has 3 aliphatic rings. The number of likely N-dealkylation sites (N-methyl/N-ethyl adjacent to an activating group) is 1. The molecule has 1 aromatic carbocycles. The predicted molar refractivity (Wildman–Crippen MR) is 155 cm³/mol. The summed E-state index contributed by atoms with van der Waals surface area (Å²) in [7, 11) is 2.11. The Hall–Kier alpha value is -2.99. The maximum Gasteiger partial charge on any atom is 0.246 e. The zero-order chi connectivity index (χ0) is 27.7. The number of aromatic nitrogens is 1. The van der Waals surface area contributed by atoms with E-state index in [1.165, 1.54) is 6.08 Å². The van der Waals surface area contributed by atoms with Crippen molar-refractivity contribution >= 4 is 40.5 Å². The molecule has 0 bridgehead atoms. The molecule has 1 amide bonds. The molecule has 0 aliphatic carbocycles. The van der Waals surface area contributed by atoms with Crippen LogP contribution in [0.3, 0.4) is 0 Å². The lowest BCUT2D eigenvalue weighted by Crippen LogP contribution is -2.54. The van der Waals surface area contributed by atoms with Crippen molar-refractivity contribution in [1.29, 1.82) is 5.26 Å². The fourth-order valence-corrected chi connectivity index (χ4v) is 6.40. The van der Waals surface area contributed by atoms with Crippen LogP contribution in [-0.4, -0.2) is 79.2 Å². The van der Waals surface area contributed by atoms with Crippen LogP contribution in [0, 0.1) is 11.3 Å². The fraction of sp³-hybridized carbons (Fsp3) is 0.483. The van der Waals surface area contributed by atoms with E-state index < -0.39 is 0 Å². The Morgan fingerprint density at radius 3 is 2.79 bits per heavy atom. The van der Waals surface area contributed by atoms with Gasteiger partial charge in [0.25, 0.3) is 0 Å². The number of hydrogen-bond acceptors (Lipinski definition) is 7. The molecule has 2 saturated heterocycles. The number of rotatable bonds is 6. The number of ether oxygens (including phenoxy) is 1. The van der Waals surface area contributed by atoms with Crippen molar-refractivity contribution < 1.29 is 9.53 Å². The third-order valence-electron chi connectivity index (χ3n) is 8.16. The molecular formula is C29H34Cl2N6O2. The quantitative estimate of drug-likeness (QED) is 0.474. The van der Waals surface area contributed by atoms with Crippen LogP contribution in [0.25, 0.3) is 0 Å². The van der Waals surface area contributed by atoms with Gasteiger partial charge in [0.1, 0.15) is 18.2 Å². The summed E-state index contributed by atoms with van der Waals surface area (Å²) in [6.07, 6.45) is 4.25. The standard InChI is InChI=1S/C29H34Cl2N6O2/c1-4-26(38)36-13-14-37(19(2)16-36)28-21-10-12-35(25-9-5-8-23(30)27(25)31)17-24(21)33-29(22(28)15-32)39-18-20-7-6-11-34(20)3/h4-5,8-9,19-20H,1,6-7,10-14,16-18H2,2-3H3. The average molecular weight is 570 g/mol. The van der Waals surface area contributed by atoms with Gasteiger partial charge in [-0.25, -0.2) is 4.98 Å². The number of pyridine rings is 1. The number of piperazine rings is 1. The third kappa shape index (κ3) is 5.41. The number of carbonyl (C=O) groups excluding carboxylic acids is 1. The normalized spacial score (nSPS) is 21.5. The molecule has 206 valence electrons. The highest BCUT2D eigenvalue weighted by Gasteiger charge is 2.34. The molecule has 0 saturated carbocycles. The molecule has 10 heteroatoms. The van der Waals surface area contributed by atoms with Crippen molar-refractivity contribution in [2.75, 3.05) is 56.2 Å². The van der Waals surface area contributed by atoms with Crippen LogP contribution < -0.4 is 14.5 Å². The zero-order valence-electron chi connectivity index (χ0n) is 22.5. The molecular weight excluding hydrogens is 535 g/mol. The van der Waals surface area contributed by atoms with E-state index in [1.54, 1.807) is 6.07 Å². The van der Waals surface area contributed by atoms with Crippen molar-refractivity contribution in [1.82, 2.24) is 14.8 Å². The second kappa shape index (κ2) is 11.6. The van der Waals surface area contributed by atoms with Crippen LogP contribution in [0.4, 0.5) is 11.4 Å². The Kier molecular flexibility index (Phi) is 8.22. The van der Waals surface area contributed by atoms with Crippen LogP contribution in [0.2, 0.25) is 10.0 Å². The molecule has 8 nitrogen and oxygen atoms in total. The summed E-state index contributed by atoms with van der Waals surface area (Å²) in [5.74, 6) is 0.305. The Morgan fingerprint density at radius 1 is 1.28 bits per heavy atom. The van der Waals surface area contributed by atoms with Crippen molar-refractivity contribution in [3.05, 3.63) is 57.7 Å². The predicted octanol–water partition coefficient (Wildman–Crippen LogP) is 4.52. The number of carbonyl (C=O) groups is 1. The zero-order valence-corrected chi connectivity index (χ0v) is 24.0. The SMILES string of the molecule is C=CC(=O)N1CCN(c2c(C#N)c(OCC3CCCN3C)nc3c2CCN(c2cccc(Cl)c2Cl)C3)C(C)C1. The number of likely N-dealkylation sites (tertiary alicyclic amines) is 1. The molecule has 0 N–H and O–H groups in total. The van der Waals surface area contributed by atoms with Crippen LogP contribution in [0.5, 0.6) is 5.88 Å². The molecule has 39 heavy (non-hydrogen) atoms. The van der Waals surface area contributed by atoms with Gasteiger partial charge in [-0.2, -0.15) is 5.26 Å². The summed E-state index contributed by atoms with van der Waals surface area (Å²) in [6.45, 7) is 10.2. The van der Waals surface area contributed by atoms with E-state index >= 15 is 0 Å². The van der Waals surface area contributed by atoms with Gasteiger partial charge in [0, 0.05) is 43.8 Å². The van der Waals surface area contributed by atoms with E-state index in [-0.39, 0.29) is 11.9 Å². The van der Waals surface area contributed by atoms with E-state index in [4.69, 9.17) is 32.9 Å². The largest absolute Gasteiger partial charge is 0.475 e. The number of fused-ring (bicyclic) bond motifs is 1. The monoisotopic (exact) mass is 568 g/mol. The molecule has 2 fully saturated rings. The first-order chi connectivity index (χ1) is 18.8. The van der Waals surface area contributed by atoms with E-state index in [0.717, 1.165) is 42.0 Å². The summed E-state index contributed by atoms with van der Waals surface area (Å²) in [5.41, 5.74) is 4.15. The van der Waals surface area contributed by atoms with Crippen molar-refractivity contribution in [3.8, 4) is 11.9 Å². The first-order valence-electron chi connectivity index (χ1n) is 13.5. The number of halogens is 2. The molecule has 2 unspecified atom stereocenters. The fourth-order valence-electron chi connectivity index (χ4n) is 5.98. The molecule has 4 heterocycles. The molecule has 2 aromatic rings. The van der Waals surface area contributed by atoms with Crippen LogP contribution in [0.1, 0.15) is 36.6 Å². The summed E-state index contributed by atoms with van der Waals surface area (Å²) >= 11 is 12.9. The lowest BCUT2D eigenvalue weighted by molar-refractivity contribution is -0.126. The molecule has 0 spiro atoms. The van der Waals surface area contributed by atoms with Gasteiger partial charge in [0.2, 0.25) is 11.8 Å². The van der Waals surface area contributed by atoms with Crippen molar-refractivity contribution in [2.24, 2.45) is 0 Å². The number of benzene rings is 1. The van der Waals surface area contributed by atoms with E-state index in [2.05, 4.69) is 41.3 Å². The van der Waals surface area contributed by atoms with Gasteiger partial charge in [-0.3, -0.25) is 4.79 Å². The Morgan fingerprint density at radius 2 is 2.10 bits per heavy atom. The Bertz CT molecular complexity index is 1310. The number of hydrogen-bond donors (Lipinski definition) is 0. The molecule has 3 aliphatic heterocycles. The van der Waals surface area contributed by atoms with Gasteiger partial charge < -0.3 is 24.3 Å².